The van der Waals surface area contributed by atoms with Crippen molar-refractivity contribution in [2.75, 3.05) is 0 Å². The van der Waals surface area contributed by atoms with E-state index in [1.54, 1.807) is 6.07 Å². The molecule has 2 rings (SSSR count). The second-order valence-corrected chi connectivity index (χ2v) is 3.60. The lowest BCUT2D eigenvalue weighted by Crippen LogP contribution is -2.28. The number of carbonyl (C=O) groups is 1. The largest absolute Gasteiger partial charge is 0.472 e. The second kappa shape index (κ2) is 6.65. The molecule has 0 aromatic carbocycles. The number of carbonyl (C=O) groups excluding carboxylic acids is 1. The first-order valence-electron chi connectivity index (χ1n) is 5.52. The van der Waals surface area contributed by atoms with Crippen molar-refractivity contribution in [1.82, 2.24) is 10.9 Å². The average Bonchev–Trinajstić information content (AvgIpc) is 3.09. The third-order valence-corrected chi connectivity index (χ3v) is 2.09. The van der Waals surface area contributed by atoms with E-state index in [9.17, 15) is 14.9 Å². The van der Waals surface area contributed by atoms with Gasteiger partial charge in [0.05, 0.1) is 31.0 Å². The predicted octanol–water partition coefficient (Wildman–Crippen LogP) is 1.45. The minimum absolute atomic E-state index is 0.337. The van der Waals surface area contributed by atoms with Crippen LogP contribution in [0.1, 0.15) is 11.1 Å². The van der Waals surface area contributed by atoms with Gasteiger partial charge in [-0.3, -0.25) is 10.1 Å². The summed E-state index contributed by atoms with van der Waals surface area (Å²) >= 11 is 0. The SMILES string of the molecule is O=C(N/N=C/c1ccoc1)N/N=C/c1coc([N+](=O)[O-])c1. The van der Waals surface area contributed by atoms with E-state index in [4.69, 9.17) is 4.42 Å². The van der Waals surface area contributed by atoms with Crippen molar-refractivity contribution in [3.8, 4) is 0 Å². The van der Waals surface area contributed by atoms with Gasteiger partial charge in [0.25, 0.3) is 0 Å². The van der Waals surface area contributed by atoms with E-state index in [-0.39, 0.29) is 0 Å². The summed E-state index contributed by atoms with van der Waals surface area (Å²) in [6, 6.07) is 2.15. The van der Waals surface area contributed by atoms with Gasteiger partial charge in [0, 0.05) is 11.1 Å². The Hall–Kier alpha value is -3.43. The molecule has 2 N–H and O–H groups in total. The van der Waals surface area contributed by atoms with E-state index in [0.717, 1.165) is 6.26 Å². The van der Waals surface area contributed by atoms with Crippen LogP contribution < -0.4 is 10.9 Å². The first-order chi connectivity index (χ1) is 10.1. The Morgan fingerprint density at radius 3 is 2.52 bits per heavy atom. The predicted molar refractivity (Wildman–Crippen MR) is 70.9 cm³/mol. The molecule has 0 spiro atoms. The summed E-state index contributed by atoms with van der Waals surface area (Å²) in [4.78, 5) is 21.0. The Morgan fingerprint density at radius 1 is 1.24 bits per heavy atom. The Balaban J connectivity index is 1.77. The number of amides is 2. The van der Waals surface area contributed by atoms with Gasteiger partial charge in [0.15, 0.2) is 0 Å². The maximum Gasteiger partial charge on any atom is 0.433 e. The van der Waals surface area contributed by atoms with Gasteiger partial charge in [0.1, 0.15) is 11.2 Å². The van der Waals surface area contributed by atoms with Crippen LogP contribution in [0.25, 0.3) is 0 Å². The minimum atomic E-state index is -0.679. The van der Waals surface area contributed by atoms with Crippen LogP contribution in [-0.2, 0) is 0 Å². The van der Waals surface area contributed by atoms with E-state index >= 15 is 0 Å². The van der Waals surface area contributed by atoms with Crippen LogP contribution in [-0.4, -0.2) is 23.4 Å². The van der Waals surface area contributed by atoms with Crippen LogP contribution in [0.5, 0.6) is 0 Å². The van der Waals surface area contributed by atoms with Crippen molar-refractivity contribution in [3.05, 3.63) is 52.2 Å². The fourth-order valence-corrected chi connectivity index (χ4v) is 1.21. The quantitative estimate of drug-likeness (QED) is 0.488. The van der Waals surface area contributed by atoms with Crippen molar-refractivity contribution in [2.45, 2.75) is 0 Å². The highest BCUT2D eigenvalue weighted by molar-refractivity contribution is 5.83. The van der Waals surface area contributed by atoms with Gasteiger partial charge in [-0.15, -0.1) is 0 Å². The molecule has 0 atom stereocenters. The van der Waals surface area contributed by atoms with E-state index in [1.165, 1.54) is 31.0 Å². The molecule has 0 aliphatic rings. The van der Waals surface area contributed by atoms with Crippen molar-refractivity contribution >= 4 is 24.3 Å². The van der Waals surface area contributed by atoms with E-state index in [1.807, 2.05) is 0 Å². The second-order valence-electron chi connectivity index (χ2n) is 3.60. The third-order valence-electron chi connectivity index (χ3n) is 2.09. The summed E-state index contributed by atoms with van der Waals surface area (Å²) in [6.45, 7) is 0. The minimum Gasteiger partial charge on any atom is -0.472 e. The topological polar surface area (TPSA) is 135 Å². The fourth-order valence-electron chi connectivity index (χ4n) is 1.21. The van der Waals surface area contributed by atoms with Gasteiger partial charge in [-0.05, 0) is 6.07 Å². The zero-order chi connectivity index (χ0) is 15.1. The number of hydrogen-bond acceptors (Lipinski definition) is 7. The Morgan fingerprint density at radius 2 is 1.95 bits per heavy atom. The maximum absolute atomic E-state index is 11.3. The summed E-state index contributed by atoms with van der Waals surface area (Å²) < 4.78 is 9.44. The first-order valence-corrected chi connectivity index (χ1v) is 5.52. The summed E-state index contributed by atoms with van der Waals surface area (Å²) in [6.07, 6.45) is 6.63. The monoisotopic (exact) mass is 291 g/mol. The van der Waals surface area contributed by atoms with Gasteiger partial charge in [0.2, 0.25) is 0 Å². The zero-order valence-electron chi connectivity index (χ0n) is 10.4. The normalized spacial score (nSPS) is 11.0. The molecule has 2 aromatic rings. The van der Waals surface area contributed by atoms with E-state index < -0.39 is 16.8 Å². The molecule has 10 nitrogen and oxygen atoms in total. The van der Waals surface area contributed by atoms with Gasteiger partial charge >= 0.3 is 11.9 Å². The molecular weight excluding hydrogens is 282 g/mol. The molecule has 2 heterocycles. The molecule has 108 valence electrons. The number of nitrogens with zero attached hydrogens (tertiary/aromatic N) is 3. The molecule has 0 saturated carbocycles. The number of hydrazone groups is 2. The number of rotatable bonds is 5. The number of urea groups is 1. The fraction of sp³-hybridized carbons (Fsp3) is 0. The standard InChI is InChI=1S/C11H9N5O5/c17-11(14-12-4-8-1-2-20-6-8)15-13-5-9-3-10(16(18)19)21-7-9/h1-7H,(H2,14,15,17)/b12-4+,13-5+. The molecule has 0 unspecified atom stereocenters. The number of nitro groups is 1. The van der Waals surface area contributed by atoms with Gasteiger partial charge in [-0.2, -0.15) is 10.2 Å². The van der Waals surface area contributed by atoms with Crippen LogP contribution >= 0.6 is 0 Å². The molecular formula is C11H9N5O5. The molecule has 21 heavy (non-hydrogen) atoms. The van der Waals surface area contributed by atoms with Crippen molar-refractivity contribution in [3.63, 3.8) is 0 Å². The third kappa shape index (κ3) is 4.31. The van der Waals surface area contributed by atoms with Crippen LogP contribution in [0.15, 0.2) is 50.0 Å². The Bertz CT molecular complexity index is 673. The van der Waals surface area contributed by atoms with Crippen molar-refractivity contribution in [1.29, 1.82) is 0 Å². The van der Waals surface area contributed by atoms with Gasteiger partial charge < -0.3 is 8.83 Å². The zero-order valence-corrected chi connectivity index (χ0v) is 10.4. The summed E-state index contributed by atoms with van der Waals surface area (Å²) in [5.74, 6) is -0.411. The molecule has 0 fully saturated rings. The van der Waals surface area contributed by atoms with Crippen molar-refractivity contribution < 1.29 is 18.6 Å². The molecule has 2 amide bonds. The number of hydrogen-bond donors (Lipinski definition) is 2. The molecule has 0 radical (unpaired) electrons. The molecule has 2 aromatic heterocycles. The highest BCUT2D eigenvalue weighted by atomic mass is 16.6. The number of nitrogens with one attached hydrogen (secondary N) is 2. The summed E-state index contributed by atoms with van der Waals surface area (Å²) in [5, 5.41) is 17.6. The lowest BCUT2D eigenvalue weighted by Gasteiger charge is -1.95. The summed E-state index contributed by atoms with van der Waals surface area (Å²) in [5.41, 5.74) is 5.31. The van der Waals surface area contributed by atoms with Crippen molar-refractivity contribution in [2.24, 2.45) is 10.2 Å². The van der Waals surface area contributed by atoms with Gasteiger partial charge in [-0.1, -0.05) is 0 Å². The first kappa shape index (κ1) is 14.0. The molecule has 0 saturated heterocycles. The molecule has 0 aliphatic carbocycles. The van der Waals surface area contributed by atoms with Crippen LogP contribution in [0.2, 0.25) is 0 Å². The Labute approximate surface area is 117 Å². The lowest BCUT2D eigenvalue weighted by molar-refractivity contribution is -0.402. The average molecular weight is 291 g/mol. The van der Waals surface area contributed by atoms with Gasteiger partial charge in [-0.25, -0.2) is 15.6 Å². The highest BCUT2D eigenvalue weighted by Gasteiger charge is 2.10. The molecule has 0 aliphatic heterocycles. The Kier molecular flexibility index (Phi) is 4.43. The lowest BCUT2D eigenvalue weighted by atomic mass is 10.4. The van der Waals surface area contributed by atoms with Crippen LogP contribution in [0, 0.1) is 10.1 Å². The van der Waals surface area contributed by atoms with Crippen LogP contribution in [0.4, 0.5) is 10.7 Å². The highest BCUT2D eigenvalue weighted by Crippen LogP contribution is 2.13. The smallest absolute Gasteiger partial charge is 0.433 e. The maximum atomic E-state index is 11.3. The molecule has 10 heteroatoms. The molecule has 0 bridgehead atoms. The summed E-state index contributed by atoms with van der Waals surface area (Å²) in [7, 11) is 0. The van der Waals surface area contributed by atoms with E-state index in [0.29, 0.717) is 11.1 Å². The van der Waals surface area contributed by atoms with Crippen LogP contribution in [0.3, 0.4) is 0 Å². The number of furan rings is 2. The van der Waals surface area contributed by atoms with E-state index in [2.05, 4.69) is 25.5 Å².